The molecule has 2 N–H and O–H groups in total. The summed E-state index contributed by atoms with van der Waals surface area (Å²) in [6.07, 6.45) is 0. The first-order chi connectivity index (χ1) is 11.8. The van der Waals surface area contributed by atoms with Gasteiger partial charge >= 0.3 is 0 Å². The van der Waals surface area contributed by atoms with Gasteiger partial charge in [0.1, 0.15) is 23.9 Å². The number of phenolic OH excluding ortho intramolecular Hbond substituents is 2. The minimum Gasteiger partial charge on any atom is -0.508 e. The van der Waals surface area contributed by atoms with Crippen molar-refractivity contribution in [3.8, 4) is 17.2 Å². The van der Waals surface area contributed by atoms with E-state index in [1.54, 1.807) is 6.07 Å². The van der Waals surface area contributed by atoms with Crippen LogP contribution in [-0.4, -0.2) is 10.2 Å². The van der Waals surface area contributed by atoms with Gasteiger partial charge in [0, 0.05) is 5.56 Å². The predicted molar refractivity (Wildman–Crippen MR) is 107 cm³/mol. The molecule has 0 spiro atoms. The summed E-state index contributed by atoms with van der Waals surface area (Å²) in [7, 11) is 0. The van der Waals surface area contributed by atoms with Crippen LogP contribution in [0, 0.1) is 13.8 Å². The molecule has 0 saturated heterocycles. The van der Waals surface area contributed by atoms with Gasteiger partial charge in [0.2, 0.25) is 0 Å². The first kappa shape index (κ1) is 20.2. The zero-order valence-electron chi connectivity index (χ0n) is 17.3. The third-order valence-corrected chi connectivity index (χ3v) is 4.75. The molecule has 0 bridgehead atoms. The summed E-state index contributed by atoms with van der Waals surface area (Å²) in [5, 5.41) is 20.5. The summed E-state index contributed by atoms with van der Waals surface area (Å²) in [6.45, 7) is 16.8. The Bertz CT molecular complexity index is 736. The SMILES string of the molecule is Cc1cc(O)c(C(C)(C)C)cc1COc1cc(C(C)(C)C)c(O)cc1C. The van der Waals surface area contributed by atoms with E-state index in [9.17, 15) is 10.2 Å². The van der Waals surface area contributed by atoms with Gasteiger partial charge in [-0.15, -0.1) is 0 Å². The lowest BCUT2D eigenvalue weighted by Gasteiger charge is -2.24. The van der Waals surface area contributed by atoms with Crippen LogP contribution in [0.4, 0.5) is 0 Å². The average Bonchev–Trinajstić information content (AvgIpc) is 2.45. The molecular formula is C23H32O3. The maximum atomic E-state index is 10.3. The summed E-state index contributed by atoms with van der Waals surface area (Å²) in [5.74, 6) is 1.41. The summed E-state index contributed by atoms with van der Waals surface area (Å²) >= 11 is 0. The van der Waals surface area contributed by atoms with Crippen molar-refractivity contribution in [1.29, 1.82) is 0 Å². The molecule has 0 heterocycles. The number of aromatic hydroxyl groups is 2. The van der Waals surface area contributed by atoms with E-state index in [2.05, 4.69) is 41.5 Å². The Morgan fingerprint density at radius 1 is 0.731 bits per heavy atom. The normalized spacial score (nSPS) is 12.3. The number of hydrogen-bond acceptors (Lipinski definition) is 3. The maximum absolute atomic E-state index is 10.3. The standard InChI is InChI=1S/C23H32O3/c1-14-9-19(24)17(22(3,4)5)11-16(14)13-26-21-12-18(23(6,7)8)20(25)10-15(21)2/h9-12,24-25H,13H2,1-8H3. The molecule has 3 nitrogen and oxygen atoms in total. The second-order valence-electron chi connectivity index (χ2n) is 9.22. The van der Waals surface area contributed by atoms with E-state index in [0.717, 1.165) is 33.6 Å². The van der Waals surface area contributed by atoms with Gasteiger partial charge < -0.3 is 14.9 Å². The van der Waals surface area contributed by atoms with Crippen molar-refractivity contribution >= 4 is 0 Å². The first-order valence-electron chi connectivity index (χ1n) is 9.10. The third-order valence-electron chi connectivity index (χ3n) is 4.75. The van der Waals surface area contributed by atoms with Crippen molar-refractivity contribution < 1.29 is 14.9 Å². The van der Waals surface area contributed by atoms with E-state index in [-0.39, 0.29) is 10.8 Å². The number of phenols is 2. The Kier molecular flexibility index (Phi) is 5.32. The summed E-state index contributed by atoms with van der Waals surface area (Å²) in [6, 6.07) is 7.54. The molecule has 26 heavy (non-hydrogen) atoms. The van der Waals surface area contributed by atoms with Gasteiger partial charge in [-0.25, -0.2) is 0 Å². The van der Waals surface area contributed by atoms with Crippen LogP contribution >= 0.6 is 0 Å². The molecule has 2 aromatic rings. The van der Waals surface area contributed by atoms with Crippen LogP contribution in [0.25, 0.3) is 0 Å². The number of ether oxygens (including phenoxy) is 1. The van der Waals surface area contributed by atoms with Crippen LogP contribution < -0.4 is 4.74 Å². The van der Waals surface area contributed by atoms with Gasteiger partial charge in [-0.3, -0.25) is 0 Å². The molecule has 2 rings (SSSR count). The highest BCUT2D eigenvalue weighted by Crippen LogP contribution is 2.37. The molecule has 3 heteroatoms. The average molecular weight is 357 g/mol. The fourth-order valence-electron chi connectivity index (χ4n) is 3.08. The largest absolute Gasteiger partial charge is 0.508 e. The molecule has 0 aliphatic carbocycles. The van der Waals surface area contributed by atoms with Gasteiger partial charge in [-0.1, -0.05) is 41.5 Å². The second-order valence-corrected chi connectivity index (χ2v) is 9.22. The molecule has 0 aliphatic heterocycles. The van der Waals surface area contributed by atoms with Crippen LogP contribution in [0.5, 0.6) is 17.2 Å². The number of benzene rings is 2. The van der Waals surface area contributed by atoms with Crippen molar-refractivity contribution in [2.75, 3.05) is 0 Å². The van der Waals surface area contributed by atoms with Crippen LogP contribution in [0.3, 0.4) is 0 Å². The van der Waals surface area contributed by atoms with Crippen LogP contribution in [-0.2, 0) is 17.4 Å². The molecule has 0 amide bonds. The zero-order chi connectivity index (χ0) is 19.9. The molecule has 0 aliphatic rings. The van der Waals surface area contributed by atoms with E-state index < -0.39 is 0 Å². The van der Waals surface area contributed by atoms with Crippen LogP contribution in [0.1, 0.15) is 69.4 Å². The van der Waals surface area contributed by atoms with Crippen LogP contribution in [0.2, 0.25) is 0 Å². The van der Waals surface area contributed by atoms with Crippen molar-refractivity contribution in [1.82, 2.24) is 0 Å². The van der Waals surface area contributed by atoms with Crippen molar-refractivity contribution in [2.45, 2.75) is 72.8 Å². The summed E-state index contributed by atoms with van der Waals surface area (Å²) in [4.78, 5) is 0. The van der Waals surface area contributed by atoms with Crippen molar-refractivity contribution in [2.24, 2.45) is 0 Å². The Morgan fingerprint density at radius 2 is 1.19 bits per heavy atom. The quantitative estimate of drug-likeness (QED) is 0.721. The van der Waals surface area contributed by atoms with E-state index in [1.807, 2.05) is 32.0 Å². The Labute approximate surface area is 157 Å². The lowest BCUT2D eigenvalue weighted by Crippen LogP contribution is -2.13. The number of hydrogen-bond donors (Lipinski definition) is 2. The van der Waals surface area contributed by atoms with Gasteiger partial charge in [0.25, 0.3) is 0 Å². The molecule has 0 unspecified atom stereocenters. The molecule has 0 radical (unpaired) electrons. The molecule has 0 atom stereocenters. The Balaban J connectivity index is 2.35. The minimum absolute atomic E-state index is 0.139. The molecule has 0 aromatic heterocycles. The highest BCUT2D eigenvalue weighted by Gasteiger charge is 2.22. The molecule has 0 saturated carbocycles. The zero-order valence-corrected chi connectivity index (χ0v) is 17.3. The van der Waals surface area contributed by atoms with Gasteiger partial charge in [0.05, 0.1) is 0 Å². The lowest BCUT2D eigenvalue weighted by molar-refractivity contribution is 0.300. The molecule has 2 aromatic carbocycles. The predicted octanol–water partition coefficient (Wildman–Crippen LogP) is 5.89. The Hall–Kier alpha value is -2.16. The van der Waals surface area contributed by atoms with Gasteiger partial charge in [-0.05, 0) is 71.2 Å². The maximum Gasteiger partial charge on any atom is 0.123 e. The van der Waals surface area contributed by atoms with E-state index in [1.165, 1.54) is 0 Å². The minimum atomic E-state index is -0.163. The number of rotatable bonds is 3. The highest BCUT2D eigenvalue weighted by molar-refractivity contribution is 5.49. The summed E-state index contributed by atoms with van der Waals surface area (Å²) in [5.41, 5.74) is 4.45. The number of aryl methyl sites for hydroxylation is 2. The Morgan fingerprint density at radius 3 is 1.69 bits per heavy atom. The van der Waals surface area contributed by atoms with Gasteiger partial charge in [0.15, 0.2) is 0 Å². The molecular weight excluding hydrogens is 324 g/mol. The third kappa shape index (κ3) is 4.32. The highest BCUT2D eigenvalue weighted by atomic mass is 16.5. The van der Waals surface area contributed by atoms with Crippen LogP contribution in [0.15, 0.2) is 24.3 Å². The van der Waals surface area contributed by atoms with E-state index in [0.29, 0.717) is 18.1 Å². The van der Waals surface area contributed by atoms with Crippen molar-refractivity contribution in [3.63, 3.8) is 0 Å². The second kappa shape index (κ2) is 6.86. The fraction of sp³-hybridized carbons (Fsp3) is 0.478. The molecule has 142 valence electrons. The van der Waals surface area contributed by atoms with E-state index >= 15 is 0 Å². The monoisotopic (exact) mass is 356 g/mol. The van der Waals surface area contributed by atoms with Gasteiger partial charge in [-0.2, -0.15) is 0 Å². The lowest BCUT2D eigenvalue weighted by atomic mass is 9.84. The van der Waals surface area contributed by atoms with Crippen molar-refractivity contribution in [3.05, 3.63) is 52.1 Å². The topological polar surface area (TPSA) is 49.7 Å². The summed E-state index contributed by atoms with van der Waals surface area (Å²) < 4.78 is 6.11. The smallest absolute Gasteiger partial charge is 0.123 e. The fourth-order valence-corrected chi connectivity index (χ4v) is 3.08. The first-order valence-corrected chi connectivity index (χ1v) is 9.10. The molecule has 0 fully saturated rings. The van der Waals surface area contributed by atoms with E-state index in [4.69, 9.17) is 4.74 Å².